The maximum atomic E-state index is 11.8. The van der Waals surface area contributed by atoms with Gasteiger partial charge in [-0.05, 0) is 45.2 Å². The lowest BCUT2D eigenvalue weighted by Gasteiger charge is -2.21. The van der Waals surface area contributed by atoms with Crippen molar-refractivity contribution in [3.8, 4) is 0 Å². The smallest absolute Gasteiger partial charge is 0.408 e. The number of carboxylic acid groups (broad SMARTS) is 1. The van der Waals surface area contributed by atoms with Crippen LogP contribution in [-0.4, -0.2) is 27.8 Å². The van der Waals surface area contributed by atoms with E-state index in [1.807, 2.05) is 0 Å². The highest BCUT2D eigenvalue weighted by Crippen LogP contribution is 2.31. The first-order valence-corrected chi connectivity index (χ1v) is 6.48. The Hall–Kier alpha value is -2.11. The average molecular weight is 278 g/mol. The molecule has 0 fully saturated rings. The molecule has 108 valence electrons. The summed E-state index contributed by atoms with van der Waals surface area (Å²) in [5.74, 6) is -0.971. The highest BCUT2D eigenvalue weighted by Gasteiger charge is 2.30. The molecule has 1 aromatic heterocycles. The van der Waals surface area contributed by atoms with Crippen LogP contribution in [0.5, 0.6) is 0 Å². The fraction of sp³-hybridized carbons (Fsp3) is 0.500. The summed E-state index contributed by atoms with van der Waals surface area (Å²) in [5, 5.41) is 11.9. The number of aromatic carboxylic acids is 1. The summed E-state index contributed by atoms with van der Waals surface area (Å²) >= 11 is 0. The molecule has 1 unspecified atom stereocenters. The van der Waals surface area contributed by atoms with E-state index in [0.717, 1.165) is 0 Å². The highest BCUT2D eigenvalue weighted by molar-refractivity contribution is 5.89. The van der Waals surface area contributed by atoms with Gasteiger partial charge in [0.15, 0.2) is 0 Å². The Labute approximate surface area is 117 Å². The summed E-state index contributed by atoms with van der Waals surface area (Å²) in [7, 11) is 0. The fourth-order valence-corrected chi connectivity index (χ4v) is 2.29. The molecule has 1 aliphatic carbocycles. The molecule has 0 saturated heterocycles. The van der Waals surface area contributed by atoms with E-state index >= 15 is 0 Å². The Bertz CT molecular complexity index is 549. The highest BCUT2D eigenvalue weighted by atomic mass is 16.6. The Morgan fingerprint density at radius 2 is 2.15 bits per heavy atom. The number of pyridine rings is 1. The van der Waals surface area contributed by atoms with Crippen molar-refractivity contribution in [2.45, 2.75) is 45.3 Å². The van der Waals surface area contributed by atoms with Crippen molar-refractivity contribution in [3.05, 3.63) is 29.1 Å². The van der Waals surface area contributed by atoms with Crippen LogP contribution in [0.4, 0.5) is 4.79 Å². The van der Waals surface area contributed by atoms with Crippen molar-refractivity contribution in [1.29, 1.82) is 0 Å². The maximum absolute atomic E-state index is 11.8. The molecule has 0 saturated carbocycles. The monoisotopic (exact) mass is 278 g/mol. The molecule has 0 radical (unpaired) electrons. The van der Waals surface area contributed by atoms with E-state index in [1.165, 1.54) is 12.3 Å². The molecule has 6 nitrogen and oxygen atoms in total. The molecule has 1 aliphatic rings. The minimum Gasteiger partial charge on any atom is -0.478 e. The van der Waals surface area contributed by atoms with Crippen LogP contribution in [0.2, 0.25) is 0 Å². The maximum Gasteiger partial charge on any atom is 0.408 e. The summed E-state index contributed by atoms with van der Waals surface area (Å²) in [4.78, 5) is 27.1. The summed E-state index contributed by atoms with van der Waals surface area (Å²) in [6.45, 7) is 5.36. The average Bonchev–Trinajstić information content (AvgIpc) is 2.69. The van der Waals surface area contributed by atoms with E-state index in [2.05, 4.69) is 10.3 Å². The molecule has 0 aromatic carbocycles. The van der Waals surface area contributed by atoms with Gasteiger partial charge in [-0.2, -0.15) is 0 Å². The number of carboxylic acids is 1. The Morgan fingerprint density at radius 3 is 2.75 bits per heavy atom. The van der Waals surface area contributed by atoms with Gasteiger partial charge in [0.25, 0.3) is 0 Å². The minimum absolute atomic E-state index is 0.253. The van der Waals surface area contributed by atoms with Gasteiger partial charge < -0.3 is 15.2 Å². The number of carbonyl (C=O) groups is 2. The number of fused-ring (bicyclic) bond motifs is 1. The van der Waals surface area contributed by atoms with Gasteiger partial charge in [0.05, 0.1) is 17.3 Å². The van der Waals surface area contributed by atoms with Gasteiger partial charge in [0, 0.05) is 6.20 Å². The van der Waals surface area contributed by atoms with Gasteiger partial charge >= 0.3 is 12.1 Å². The van der Waals surface area contributed by atoms with E-state index in [0.29, 0.717) is 24.1 Å². The number of nitrogens with zero attached hydrogens (tertiary/aromatic N) is 1. The molecule has 2 rings (SSSR count). The van der Waals surface area contributed by atoms with Crippen molar-refractivity contribution in [3.63, 3.8) is 0 Å². The molecule has 1 atom stereocenters. The van der Waals surface area contributed by atoms with E-state index in [-0.39, 0.29) is 11.6 Å². The van der Waals surface area contributed by atoms with E-state index < -0.39 is 17.7 Å². The minimum atomic E-state index is -0.971. The summed E-state index contributed by atoms with van der Waals surface area (Å²) in [6.07, 6.45) is 2.16. The van der Waals surface area contributed by atoms with E-state index in [4.69, 9.17) is 9.84 Å². The third kappa shape index (κ3) is 3.07. The molecule has 1 aromatic rings. The first-order valence-electron chi connectivity index (χ1n) is 6.48. The van der Waals surface area contributed by atoms with Crippen LogP contribution < -0.4 is 5.32 Å². The molecular weight excluding hydrogens is 260 g/mol. The molecule has 0 bridgehead atoms. The lowest BCUT2D eigenvalue weighted by atomic mass is 10.1. The lowest BCUT2D eigenvalue weighted by Crippen LogP contribution is -2.34. The number of nitrogens with one attached hydrogen (secondary N) is 1. The second kappa shape index (κ2) is 5.11. The number of amides is 1. The van der Waals surface area contributed by atoms with Crippen molar-refractivity contribution in [1.82, 2.24) is 10.3 Å². The third-order valence-corrected chi connectivity index (χ3v) is 3.02. The van der Waals surface area contributed by atoms with Crippen LogP contribution in [0.1, 0.15) is 54.8 Å². The van der Waals surface area contributed by atoms with Crippen LogP contribution in [0.3, 0.4) is 0 Å². The first kappa shape index (κ1) is 14.3. The Kier molecular flexibility index (Phi) is 3.65. The topological polar surface area (TPSA) is 88.5 Å². The SMILES string of the molecule is CC(C)(C)OC(=O)NC1CCc2c(C(=O)O)ccnc21. The lowest BCUT2D eigenvalue weighted by molar-refractivity contribution is 0.0502. The van der Waals surface area contributed by atoms with Crippen molar-refractivity contribution >= 4 is 12.1 Å². The van der Waals surface area contributed by atoms with Crippen LogP contribution in [0.15, 0.2) is 12.3 Å². The zero-order valence-corrected chi connectivity index (χ0v) is 11.8. The number of aromatic nitrogens is 1. The number of carbonyl (C=O) groups excluding carboxylic acids is 1. The Balaban J connectivity index is 2.15. The Morgan fingerprint density at radius 1 is 1.45 bits per heavy atom. The molecule has 2 N–H and O–H groups in total. The van der Waals surface area contributed by atoms with Crippen molar-refractivity contribution in [2.24, 2.45) is 0 Å². The van der Waals surface area contributed by atoms with Gasteiger partial charge in [-0.3, -0.25) is 4.98 Å². The first-order chi connectivity index (χ1) is 9.28. The molecule has 6 heteroatoms. The van der Waals surface area contributed by atoms with Gasteiger partial charge in [0.1, 0.15) is 5.60 Å². The van der Waals surface area contributed by atoms with Crippen LogP contribution in [-0.2, 0) is 11.2 Å². The molecular formula is C14H18N2O4. The summed E-state index contributed by atoms with van der Waals surface area (Å²) < 4.78 is 5.20. The molecule has 1 heterocycles. The quantitative estimate of drug-likeness (QED) is 0.866. The van der Waals surface area contributed by atoms with Crippen LogP contribution >= 0.6 is 0 Å². The second-order valence-corrected chi connectivity index (χ2v) is 5.76. The largest absolute Gasteiger partial charge is 0.478 e. The second-order valence-electron chi connectivity index (χ2n) is 5.76. The third-order valence-electron chi connectivity index (χ3n) is 3.02. The number of rotatable bonds is 2. The normalized spacial score (nSPS) is 17.4. The number of hydrogen-bond donors (Lipinski definition) is 2. The zero-order chi connectivity index (χ0) is 14.9. The van der Waals surface area contributed by atoms with E-state index in [9.17, 15) is 9.59 Å². The number of alkyl carbamates (subject to hydrolysis) is 1. The fourth-order valence-electron chi connectivity index (χ4n) is 2.29. The van der Waals surface area contributed by atoms with Crippen molar-refractivity contribution < 1.29 is 19.4 Å². The van der Waals surface area contributed by atoms with Gasteiger partial charge in [0.2, 0.25) is 0 Å². The number of hydrogen-bond acceptors (Lipinski definition) is 4. The van der Waals surface area contributed by atoms with Gasteiger partial charge in [-0.25, -0.2) is 9.59 Å². The number of ether oxygens (including phenoxy) is 1. The molecule has 0 aliphatic heterocycles. The van der Waals surface area contributed by atoms with Gasteiger partial charge in [-0.15, -0.1) is 0 Å². The predicted octanol–water partition coefficient (Wildman–Crippen LogP) is 2.29. The standard InChI is InChI=1S/C14H18N2O4/c1-14(2,3)20-13(19)16-10-5-4-8-9(12(17)18)6-7-15-11(8)10/h6-7,10H,4-5H2,1-3H3,(H,16,19)(H,17,18). The van der Waals surface area contributed by atoms with Crippen LogP contribution in [0.25, 0.3) is 0 Å². The zero-order valence-electron chi connectivity index (χ0n) is 11.8. The summed E-state index contributed by atoms with van der Waals surface area (Å²) in [6, 6.07) is 1.19. The predicted molar refractivity (Wildman–Crippen MR) is 71.6 cm³/mol. The summed E-state index contributed by atoms with van der Waals surface area (Å²) in [5.41, 5.74) is 1.00. The van der Waals surface area contributed by atoms with E-state index in [1.54, 1.807) is 20.8 Å². The molecule has 20 heavy (non-hydrogen) atoms. The van der Waals surface area contributed by atoms with Crippen molar-refractivity contribution in [2.75, 3.05) is 0 Å². The van der Waals surface area contributed by atoms with Gasteiger partial charge in [-0.1, -0.05) is 0 Å². The molecule has 0 spiro atoms. The molecule has 1 amide bonds. The van der Waals surface area contributed by atoms with Crippen LogP contribution in [0, 0.1) is 0 Å².